The van der Waals surface area contributed by atoms with Crippen molar-refractivity contribution in [3.05, 3.63) is 48.6 Å². The zero-order chi connectivity index (χ0) is 20.6. The molecule has 1 aromatic heterocycles. The van der Waals surface area contributed by atoms with Crippen LogP contribution in [-0.4, -0.2) is 63.5 Å². The molecule has 0 atom stereocenters. The number of para-hydroxylation sites is 1. The van der Waals surface area contributed by atoms with E-state index in [9.17, 15) is 14.0 Å². The molecule has 0 unspecified atom stereocenters. The van der Waals surface area contributed by atoms with Crippen molar-refractivity contribution in [2.75, 3.05) is 37.4 Å². The first-order chi connectivity index (χ1) is 14.1. The molecule has 0 aliphatic carbocycles. The Balaban J connectivity index is 1.63. The summed E-state index contributed by atoms with van der Waals surface area (Å²) in [5, 5.41) is 11.2. The van der Waals surface area contributed by atoms with Crippen molar-refractivity contribution in [1.82, 2.24) is 19.7 Å². The van der Waals surface area contributed by atoms with Gasteiger partial charge in [-0.2, -0.15) is 0 Å². The minimum atomic E-state index is -0.508. The lowest BCUT2D eigenvalue weighted by molar-refractivity contribution is -0.132. The molecule has 2 heterocycles. The largest absolute Gasteiger partial charge is 0.378 e. The van der Waals surface area contributed by atoms with Gasteiger partial charge in [-0.3, -0.25) is 9.59 Å². The highest BCUT2D eigenvalue weighted by molar-refractivity contribution is 7.99. The molecule has 1 fully saturated rings. The molecule has 3 rings (SSSR count). The fourth-order valence-electron chi connectivity index (χ4n) is 2.80. The second kappa shape index (κ2) is 10.2. The smallest absolute Gasteiger partial charge is 0.233 e. The number of morpholine rings is 1. The third kappa shape index (κ3) is 5.64. The van der Waals surface area contributed by atoms with Crippen LogP contribution < -0.4 is 5.32 Å². The summed E-state index contributed by atoms with van der Waals surface area (Å²) < 4.78 is 20.7. The maximum atomic E-state index is 13.7. The number of nitrogens with one attached hydrogen (secondary N) is 1. The Morgan fingerprint density at radius 2 is 2.03 bits per heavy atom. The zero-order valence-electron chi connectivity index (χ0n) is 15.8. The average molecular weight is 419 g/mol. The number of allylic oxidation sites excluding steroid dienone is 1. The Morgan fingerprint density at radius 3 is 2.76 bits per heavy atom. The number of carbonyl (C=O) groups excluding carboxylic acids is 2. The van der Waals surface area contributed by atoms with Gasteiger partial charge in [-0.15, -0.1) is 16.8 Å². The lowest BCUT2D eigenvalue weighted by atomic mass is 10.3. The summed E-state index contributed by atoms with van der Waals surface area (Å²) in [5.74, 6) is -0.276. The summed E-state index contributed by atoms with van der Waals surface area (Å²) in [7, 11) is 0. The normalized spacial score (nSPS) is 13.9. The van der Waals surface area contributed by atoms with Crippen molar-refractivity contribution < 1.29 is 18.7 Å². The summed E-state index contributed by atoms with van der Waals surface area (Å²) in [5.41, 5.74) is 0.109. The van der Waals surface area contributed by atoms with Gasteiger partial charge in [0, 0.05) is 19.6 Å². The van der Waals surface area contributed by atoms with Crippen LogP contribution in [0.15, 0.2) is 42.1 Å². The van der Waals surface area contributed by atoms with E-state index in [1.54, 1.807) is 27.7 Å². The van der Waals surface area contributed by atoms with Gasteiger partial charge in [0.25, 0.3) is 0 Å². The van der Waals surface area contributed by atoms with E-state index in [0.717, 1.165) is 0 Å². The van der Waals surface area contributed by atoms with Crippen LogP contribution in [0.1, 0.15) is 5.82 Å². The number of hydrogen-bond donors (Lipinski definition) is 1. The quantitative estimate of drug-likeness (QED) is 0.518. The first-order valence-corrected chi connectivity index (χ1v) is 10.1. The lowest BCUT2D eigenvalue weighted by Crippen LogP contribution is -2.41. The molecule has 1 N–H and O–H groups in total. The van der Waals surface area contributed by atoms with Crippen LogP contribution in [0.3, 0.4) is 0 Å². The van der Waals surface area contributed by atoms with Crippen LogP contribution in [0.5, 0.6) is 0 Å². The first kappa shape index (κ1) is 21.0. The number of ether oxygens (including phenoxy) is 1. The van der Waals surface area contributed by atoms with Crippen molar-refractivity contribution in [3.8, 4) is 0 Å². The topological polar surface area (TPSA) is 89.3 Å². The van der Waals surface area contributed by atoms with Gasteiger partial charge in [0.15, 0.2) is 5.16 Å². The molecule has 2 amide bonds. The van der Waals surface area contributed by atoms with E-state index in [2.05, 4.69) is 22.1 Å². The van der Waals surface area contributed by atoms with Crippen LogP contribution in [0.4, 0.5) is 10.1 Å². The van der Waals surface area contributed by atoms with E-state index in [-0.39, 0.29) is 23.8 Å². The predicted octanol–water partition coefficient (Wildman–Crippen LogP) is 1.74. The fraction of sp³-hybridized carbons (Fsp3) is 0.368. The molecule has 0 spiro atoms. The van der Waals surface area contributed by atoms with Crippen molar-refractivity contribution in [3.63, 3.8) is 0 Å². The highest BCUT2D eigenvalue weighted by Gasteiger charge is 2.20. The standard InChI is InChI=1S/C19H22FN5O3S/c1-2-7-25-16(12-17(26)21-15-6-4-3-5-14(15)20)22-23-19(25)29-13-18(27)24-8-10-28-11-9-24/h2-6H,1,7-13H2,(H,21,26). The van der Waals surface area contributed by atoms with E-state index in [4.69, 9.17) is 4.74 Å². The van der Waals surface area contributed by atoms with E-state index in [0.29, 0.717) is 43.8 Å². The van der Waals surface area contributed by atoms with Gasteiger partial charge in [0.05, 0.1) is 31.1 Å². The summed E-state index contributed by atoms with van der Waals surface area (Å²) in [4.78, 5) is 26.4. The van der Waals surface area contributed by atoms with Crippen molar-refractivity contribution in [2.45, 2.75) is 18.1 Å². The van der Waals surface area contributed by atoms with Crippen LogP contribution >= 0.6 is 11.8 Å². The van der Waals surface area contributed by atoms with Gasteiger partial charge in [-0.25, -0.2) is 4.39 Å². The lowest BCUT2D eigenvalue weighted by Gasteiger charge is -2.26. The van der Waals surface area contributed by atoms with E-state index in [1.807, 2.05) is 0 Å². The fourth-order valence-corrected chi connectivity index (χ4v) is 3.67. The Morgan fingerprint density at radius 1 is 1.28 bits per heavy atom. The molecule has 154 valence electrons. The van der Waals surface area contributed by atoms with Crippen molar-refractivity contribution >= 4 is 29.3 Å². The number of anilines is 1. The second-order valence-corrected chi connectivity index (χ2v) is 7.23. The summed E-state index contributed by atoms with van der Waals surface area (Å²) in [6.07, 6.45) is 1.59. The highest BCUT2D eigenvalue weighted by atomic mass is 32.2. The Labute approximate surface area is 172 Å². The Hall–Kier alpha value is -2.72. The van der Waals surface area contributed by atoms with E-state index < -0.39 is 11.7 Å². The third-order valence-corrected chi connectivity index (χ3v) is 5.21. The number of benzene rings is 1. The summed E-state index contributed by atoms with van der Waals surface area (Å²) in [6.45, 7) is 6.37. The molecule has 1 aliphatic rings. The average Bonchev–Trinajstić information content (AvgIpc) is 3.10. The number of thioether (sulfide) groups is 1. The minimum Gasteiger partial charge on any atom is -0.378 e. The molecule has 0 saturated carbocycles. The molecule has 0 radical (unpaired) electrons. The number of aromatic nitrogens is 3. The van der Waals surface area contributed by atoms with Gasteiger partial charge in [-0.05, 0) is 12.1 Å². The Kier molecular flexibility index (Phi) is 7.36. The molecule has 8 nitrogen and oxygen atoms in total. The van der Waals surface area contributed by atoms with Crippen LogP contribution in [-0.2, 0) is 27.3 Å². The van der Waals surface area contributed by atoms with Crippen molar-refractivity contribution in [1.29, 1.82) is 0 Å². The SMILES string of the molecule is C=CCn1c(CC(=O)Nc2ccccc2F)nnc1SCC(=O)N1CCOCC1. The second-order valence-electron chi connectivity index (χ2n) is 6.28. The maximum absolute atomic E-state index is 13.7. The number of nitrogens with zero attached hydrogens (tertiary/aromatic N) is 4. The monoisotopic (exact) mass is 419 g/mol. The van der Waals surface area contributed by atoms with E-state index in [1.165, 1.54) is 23.9 Å². The third-order valence-electron chi connectivity index (χ3n) is 4.26. The molecule has 10 heteroatoms. The van der Waals surface area contributed by atoms with Gasteiger partial charge in [0.1, 0.15) is 11.6 Å². The number of amides is 2. The molecule has 1 aliphatic heterocycles. The molecular weight excluding hydrogens is 397 g/mol. The minimum absolute atomic E-state index is 0.00491. The van der Waals surface area contributed by atoms with Gasteiger partial charge in [0.2, 0.25) is 11.8 Å². The van der Waals surface area contributed by atoms with Gasteiger partial charge >= 0.3 is 0 Å². The van der Waals surface area contributed by atoms with Crippen LogP contribution in [0.25, 0.3) is 0 Å². The highest BCUT2D eigenvalue weighted by Crippen LogP contribution is 2.19. The zero-order valence-corrected chi connectivity index (χ0v) is 16.7. The Bertz CT molecular complexity index is 882. The summed E-state index contributed by atoms with van der Waals surface area (Å²) >= 11 is 1.26. The van der Waals surface area contributed by atoms with Crippen molar-refractivity contribution in [2.24, 2.45) is 0 Å². The number of rotatable bonds is 8. The van der Waals surface area contributed by atoms with Gasteiger partial charge < -0.3 is 19.5 Å². The summed E-state index contributed by atoms with van der Waals surface area (Å²) in [6, 6.07) is 5.95. The molecule has 29 heavy (non-hydrogen) atoms. The molecular formula is C19H22FN5O3S. The molecule has 0 bridgehead atoms. The van der Waals surface area contributed by atoms with Gasteiger partial charge in [-0.1, -0.05) is 30.0 Å². The van der Waals surface area contributed by atoms with Crippen LogP contribution in [0, 0.1) is 5.82 Å². The maximum Gasteiger partial charge on any atom is 0.233 e. The first-order valence-electron chi connectivity index (χ1n) is 9.14. The van der Waals surface area contributed by atoms with E-state index >= 15 is 0 Å². The van der Waals surface area contributed by atoms with Crippen LogP contribution in [0.2, 0.25) is 0 Å². The molecule has 1 saturated heterocycles. The number of hydrogen-bond acceptors (Lipinski definition) is 6. The molecule has 1 aromatic carbocycles. The predicted molar refractivity (Wildman–Crippen MR) is 107 cm³/mol. The molecule has 2 aromatic rings. The number of carbonyl (C=O) groups is 2. The number of halogens is 1.